The Hall–Kier alpha value is -1.91. The summed E-state index contributed by atoms with van der Waals surface area (Å²) in [7, 11) is 0. The van der Waals surface area contributed by atoms with E-state index in [2.05, 4.69) is 20.1 Å². The van der Waals surface area contributed by atoms with Crippen molar-refractivity contribution in [2.45, 2.75) is 0 Å². The number of aromatic nitrogens is 3. The maximum Gasteiger partial charge on any atom is 0.178 e. The lowest BCUT2D eigenvalue weighted by atomic mass is 10.2. The molecule has 0 aliphatic carbocycles. The molecule has 0 aromatic carbocycles. The number of pyridine rings is 1. The SMILES string of the molecule is ON=Cc1ccnc2nc[nH]c12. The monoisotopic (exact) mass is 162 g/mol. The average Bonchev–Trinajstić information content (AvgIpc) is 2.53. The number of rotatable bonds is 1. The summed E-state index contributed by atoms with van der Waals surface area (Å²) in [5, 5.41) is 11.3. The molecule has 0 saturated carbocycles. The van der Waals surface area contributed by atoms with E-state index in [1.165, 1.54) is 6.21 Å². The zero-order chi connectivity index (χ0) is 8.39. The van der Waals surface area contributed by atoms with Crippen molar-refractivity contribution in [2.24, 2.45) is 5.16 Å². The van der Waals surface area contributed by atoms with Gasteiger partial charge in [0, 0.05) is 11.8 Å². The van der Waals surface area contributed by atoms with E-state index in [1.54, 1.807) is 18.6 Å². The molecule has 2 heterocycles. The van der Waals surface area contributed by atoms with Crippen LogP contribution in [0.4, 0.5) is 0 Å². The van der Waals surface area contributed by atoms with Crippen LogP contribution in [0, 0.1) is 0 Å². The molecule has 2 aromatic heterocycles. The molecule has 0 amide bonds. The minimum Gasteiger partial charge on any atom is -0.411 e. The van der Waals surface area contributed by atoms with Crippen LogP contribution in [0.1, 0.15) is 5.56 Å². The Kier molecular flexibility index (Phi) is 1.48. The van der Waals surface area contributed by atoms with Gasteiger partial charge in [0.05, 0.1) is 18.1 Å². The van der Waals surface area contributed by atoms with Gasteiger partial charge in [-0.15, -0.1) is 0 Å². The number of hydrogen-bond acceptors (Lipinski definition) is 4. The van der Waals surface area contributed by atoms with Crippen molar-refractivity contribution >= 4 is 17.4 Å². The van der Waals surface area contributed by atoms with Crippen LogP contribution < -0.4 is 0 Å². The summed E-state index contributed by atoms with van der Waals surface area (Å²) in [6.07, 6.45) is 4.49. The van der Waals surface area contributed by atoms with Gasteiger partial charge in [0.25, 0.3) is 0 Å². The zero-order valence-electron chi connectivity index (χ0n) is 6.10. The van der Waals surface area contributed by atoms with Crippen LogP contribution in [0.3, 0.4) is 0 Å². The molecule has 0 bridgehead atoms. The molecule has 12 heavy (non-hydrogen) atoms. The van der Waals surface area contributed by atoms with Crippen LogP contribution in [0.5, 0.6) is 0 Å². The third kappa shape index (κ3) is 0.914. The smallest absolute Gasteiger partial charge is 0.178 e. The molecule has 0 aliphatic rings. The topological polar surface area (TPSA) is 74.2 Å². The minimum atomic E-state index is 0.618. The normalized spacial score (nSPS) is 11.3. The molecule has 5 heteroatoms. The van der Waals surface area contributed by atoms with E-state index in [0.717, 1.165) is 11.1 Å². The molecular weight excluding hydrogens is 156 g/mol. The standard InChI is InChI=1S/C7H6N4O/c12-11-3-5-1-2-8-7-6(5)9-4-10-7/h1-4,12H,(H,8,9,10). The fraction of sp³-hybridized carbons (Fsp3) is 0. The van der Waals surface area contributed by atoms with Gasteiger partial charge in [0.2, 0.25) is 0 Å². The fourth-order valence-corrected chi connectivity index (χ4v) is 1.04. The summed E-state index contributed by atoms with van der Waals surface area (Å²) in [5.74, 6) is 0. The van der Waals surface area contributed by atoms with Gasteiger partial charge in [-0.05, 0) is 6.07 Å². The molecule has 0 radical (unpaired) electrons. The van der Waals surface area contributed by atoms with Gasteiger partial charge in [0.1, 0.15) is 0 Å². The highest BCUT2D eigenvalue weighted by molar-refractivity contribution is 5.94. The van der Waals surface area contributed by atoms with Crippen molar-refractivity contribution in [3.63, 3.8) is 0 Å². The van der Waals surface area contributed by atoms with Crippen LogP contribution in [0.15, 0.2) is 23.7 Å². The number of hydrogen-bond donors (Lipinski definition) is 2. The summed E-state index contributed by atoms with van der Waals surface area (Å²) in [6, 6.07) is 1.74. The molecule has 0 atom stereocenters. The molecule has 2 N–H and O–H groups in total. The van der Waals surface area contributed by atoms with Crippen molar-refractivity contribution in [3.05, 3.63) is 24.2 Å². The van der Waals surface area contributed by atoms with Crippen LogP contribution in [0.2, 0.25) is 0 Å². The van der Waals surface area contributed by atoms with E-state index in [9.17, 15) is 0 Å². The minimum absolute atomic E-state index is 0.618. The Labute approximate surface area is 67.8 Å². The Morgan fingerprint density at radius 2 is 2.42 bits per heavy atom. The van der Waals surface area contributed by atoms with Crippen molar-refractivity contribution < 1.29 is 5.21 Å². The van der Waals surface area contributed by atoms with Gasteiger partial charge >= 0.3 is 0 Å². The molecular formula is C7H6N4O. The summed E-state index contributed by atoms with van der Waals surface area (Å²) in [4.78, 5) is 10.8. The number of imidazole rings is 1. The van der Waals surface area contributed by atoms with Gasteiger partial charge in [-0.2, -0.15) is 0 Å². The molecule has 2 rings (SSSR count). The lowest BCUT2D eigenvalue weighted by molar-refractivity contribution is 0.322. The van der Waals surface area contributed by atoms with Crippen molar-refractivity contribution in [1.82, 2.24) is 15.0 Å². The largest absolute Gasteiger partial charge is 0.411 e. The van der Waals surface area contributed by atoms with E-state index in [0.29, 0.717) is 5.65 Å². The average molecular weight is 162 g/mol. The number of fused-ring (bicyclic) bond motifs is 1. The second-order valence-corrected chi connectivity index (χ2v) is 2.25. The second kappa shape index (κ2) is 2.61. The molecule has 0 saturated heterocycles. The van der Waals surface area contributed by atoms with E-state index in [4.69, 9.17) is 5.21 Å². The first kappa shape index (κ1) is 6.78. The number of oxime groups is 1. The molecule has 0 unspecified atom stereocenters. The molecule has 0 fully saturated rings. The van der Waals surface area contributed by atoms with Crippen molar-refractivity contribution in [3.8, 4) is 0 Å². The van der Waals surface area contributed by atoms with Gasteiger partial charge in [0.15, 0.2) is 5.65 Å². The van der Waals surface area contributed by atoms with Crippen LogP contribution in [-0.4, -0.2) is 26.4 Å². The summed E-state index contributed by atoms with van der Waals surface area (Å²) >= 11 is 0. The Morgan fingerprint density at radius 3 is 3.25 bits per heavy atom. The predicted octanol–water partition coefficient (Wildman–Crippen LogP) is 0.766. The molecule has 0 aliphatic heterocycles. The van der Waals surface area contributed by atoms with Crippen LogP contribution in [-0.2, 0) is 0 Å². The molecule has 60 valence electrons. The zero-order valence-corrected chi connectivity index (χ0v) is 6.10. The third-order valence-electron chi connectivity index (χ3n) is 1.56. The van der Waals surface area contributed by atoms with E-state index in [-0.39, 0.29) is 0 Å². The lowest BCUT2D eigenvalue weighted by Gasteiger charge is -1.91. The first-order valence-corrected chi connectivity index (χ1v) is 3.37. The maximum atomic E-state index is 8.33. The fourth-order valence-electron chi connectivity index (χ4n) is 1.04. The molecule has 0 spiro atoms. The van der Waals surface area contributed by atoms with E-state index < -0.39 is 0 Å². The Balaban J connectivity index is 2.73. The van der Waals surface area contributed by atoms with E-state index >= 15 is 0 Å². The predicted molar refractivity (Wildman–Crippen MR) is 43.3 cm³/mol. The van der Waals surface area contributed by atoms with Crippen LogP contribution >= 0.6 is 0 Å². The lowest BCUT2D eigenvalue weighted by Crippen LogP contribution is -1.85. The van der Waals surface area contributed by atoms with E-state index in [1.807, 2.05) is 0 Å². The first-order valence-electron chi connectivity index (χ1n) is 3.37. The summed E-state index contributed by atoms with van der Waals surface area (Å²) < 4.78 is 0. The quantitative estimate of drug-likeness (QED) is 0.369. The Morgan fingerprint density at radius 1 is 1.50 bits per heavy atom. The van der Waals surface area contributed by atoms with Gasteiger partial charge in [-0.1, -0.05) is 5.16 Å². The highest BCUT2D eigenvalue weighted by atomic mass is 16.4. The molecule has 2 aromatic rings. The van der Waals surface area contributed by atoms with Gasteiger partial charge < -0.3 is 10.2 Å². The maximum absolute atomic E-state index is 8.33. The number of aromatic amines is 1. The molecule has 5 nitrogen and oxygen atoms in total. The highest BCUT2D eigenvalue weighted by Crippen LogP contribution is 2.08. The number of nitrogens with zero attached hydrogens (tertiary/aromatic N) is 3. The van der Waals surface area contributed by atoms with Gasteiger partial charge in [-0.3, -0.25) is 0 Å². The van der Waals surface area contributed by atoms with Crippen LogP contribution in [0.25, 0.3) is 11.2 Å². The van der Waals surface area contributed by atoms with Gasteiger partial charge in [-0.25, -0.2) is 9.97 Å². The second-order valence-electron chi connectivity index (χ2n) is 2.25. The first-order chi connectivity index (χ1) is 5.92. The van der Waals surface area contributed by atoms with Crippen molar-refractivity contribution in [1.29, 1.82) is 0 Å². The third-order valence-corrected chi connectivity index (χ3v) is 1.56. The summed E-state index contributed by atoms with van der Waals surface area (Å²) in [5.41, 5.74) is 2.16. The number of H-pyrrole nitrogens is 1. The van der Waals surface area contributed by atoms with Crippen molar-refractivity contribution in [2.75, 3.05) is 0 Å². The summed E-state index contributed by atoms with van der Waals surface area (Å²) in [6.45, 7) is 0. The highest BCUT2D eigenvalue weighted by Gasteiger charge is 2.00. The number of nitrogens with one attached hydrogen (secondary N) is 1. The Bertz CT molecular complexity index is 420.